The van der Waals surface area contributed by atoms with Gasteiger partial charge in [0.1, 0.15) is 0 Å². The zero-order valence-corrected chi connectivity index (χ0v) is 26.0. The summed E-state index contributed by atoms with van der Waals surface area (Å²) in [4.78, 5) is 13.0. The Labute approximate surface area is 249 Å². The first-order valence-electron chi connectivity index (χ1n) is 14.3. The van der Waals surface area contributed by atoms with Gasteiger partial charge in [0, 0.05) is 11.1 Å². The summed E-state index contributed by atoms with van der Waals surface area (Å²) in [7, 11) is 1.61. The molecular formula is C32H45BrN2O3S. The van der Waals surface area contributed by atoms with E-state index in [1.807, 2.05) is 41.9 Å². The van der Waals surface area contributed by atoms with E-state index >= 15 is 0 Å². The maximum atomic E-state index is 13.0. The van der Waals surface area contributed by atoms with Crippen LogP contribution in [-0.2, 0) is 6.54 Å². The molecule has 214 valence electrons. The fourth-order valence-corrected chi connectivity index (χ4v) is 5.17. The van der Waals surface area contributed by atoms with Gasteiger partial charge in [0.2, 0.25) is 5.51 Å². The highest BCUT2D eigenvalue weighted by Gasteiger charge is 2.14. The highest BCUT2D eigenvalue weighted by atomic mass is 79.9. The molecule has 0 bridgehead atoms. The van der Waals surface area contributed by atoms with Crippen molar-refractivity contribution in [1.29, 1.82) is 0 Å². The number of hydrogen-bond acceptors (Lipinski definition) is 4. The number of amides is 1. The van der Waals surface area contributed by atoms with E-state index in [1.54, 1.807) is 30.6 Å². The molecule has 1 amide bonds. The number of carbonyl (C=O) groups excluding carboxylic acids is 1. The number of thiazole rings is 1. The van der Waals surface area contributed by atoms with Gasteiger partial charge in [-0.05, 0) is 30.7 Å². The van der Waals surface area contributed by atoms with E-state index in [1.165, 1.54) is 70.6 Å². The minimum absolute atomic E-state index is 0. The monoisotopic (exact) mass is 616 g/mol. The lowest BCUT2D eigenvalue weighted by atomic mass is 10.1. The molecule has 0 aliphatic carbocycles. The molecule has 1 aromatic heterocycles. The van der Waals surface area contributed by atoms with Crippen LogP contribution in [0.15, 0.2) is 59.6 Å². The van der Waals surface area contributed by atoms with Crippen LogP contribution in [0.2, 0.25) is 0 Å². The Balaban J connectivity index is 0.00000533. The van der Waals surface area contributed by atoms with Gasteiger partial charge in [0.15, 0.2) is 24.2 Å². The predicted molar refractivity (Wildman–Crippen MR) is 158 cm³/mol. The number of para-hydroxylation sites is 1. The van der Waals surface area contributed by atoms with E-state index in [-0.39, 0.29) is 22.9 Å². The Morgan fingerprint density at radius 2 is 1.54 bits per heavy atom. The van der Waals surface area contributed by atoms with Crippen LogP contribution in [0.3, 0.4) is 0 Å². The second kappa shape index (κ2) is 19.6. The zero-order valence-electron chi connectivity index (χ0n) is 23.6. The molecule has 0 fully saturated rings. The number of nitrogens with one attached hydrogen (secondary N) is 1. The molecule has 5 nitrogen and oxygen atoms in total. The summed E-state index contributed by atoms with van der Waals surface area (Å²) >= 11 is 1.65. The first-order valence-corrected chi connectivity index (χ1v) is 15.3. The zero-order chi connectivity index (χ0) is 26.8. The highest BCUT2D eigenvalue weighted by molar-refractivity contribution is 7.07. The topological polar surface area (TPSA) is 51.4 Å². The number of carbonyl (C=O) groups is 1. The Hall–Kier alpha value is -2.38. The summed E-state index contributed by atoms with van der Waals surface area (Å²) in [6.07, 6.45) is 17.9. The van der Waals surface area contributed by atoms with Gasteiger partial charge in [-0.15, -0.1) is 0 Å². The van der Waals surface area contributed by atoms with Crippen LogP contribution in [-0.4, -0.2) is 19.6 Å². The number of nitrogens with zero attached hydrogens (tertiary/aromatic N) is 1. The second-order valence-corrected chi connectivity index (χ2v) is 10.7. The molecular weight excluding hydrogens is 572 g/mol. The largest absolute Gasteiger partial charge is 1.00 e. The first kappa shape index (κ1) is 32.8. The van der Waals surface area contributed by atoms with Crippen LogP contribution in [0.5, 0.6) is 11.5 Å². The molecule has 0 aliphatic rings. The molecule has 7 heteroatoms. The molecule has 0 aliphatic heterocycles. The van der Waals surface area contributed by atoms with Crippen molar-refractivity contribution in [2.24, 2.45) is 0 Å². The number of methoxy groups -OCH3 is 1. The maximum Gasteiger partial charge on any atom is 0.255 e. The van der Waals surface area contributed by atoms with E-state index in [9.17, 15) is 4.79 Å². The standard InChI is InChI=1S/C32H44N2O3S.BrH/c1-3-4-5-6-7-8-9-10-11-12-13-16-22-37-30-20-19-27(24-31(30)36-2)32(35)33-29-18-15-14-17-28(29)25-34-21-23-38-26-34;/h14-15,17-21,23-24,26H,3-13,16,22,25H2,1-2H3;1H. The van der Waals surface area contributed by atoms with Crippen molar-refractivity contribution in [3.63, 3.8) is 0 Å². The predicted octanol–water partition coefficient (Wildman–Crippen LogP) is 5.43. The van der Waals surface area contributed by atoms with E-state index in [2.05, 4.69) is 22.3 Å². The number of halogens is 1. The maximum absolute atomic E-state index is 13.0. The van der Waals surface area contributed by atoms with Gasteiger partial charge < -0.3 is 31.8 Å². The lowest BCUT2D eigenvalue weighted by Gasteiger charge is -2.13. The quantitative estimate of drug-likeness (QED) is 0.144. The van der Waals surface area contributed by atoms with Gasteiger partial charge in [-0.2, -0.15) is 4.57 Å². The number of aromatic nitrogens is 1. The average molecular weight is 618 g/mol. The van der Waals surface area contributed by atoms with Crippen molar-refractivity contribution >= 4 is 22.9 Å². The smallest absolute Gasteiger partial charge is 0.255 e. The van der Waals surface area contributed by atoms with E-state index < -0.39 is 0 Å². The van der Waals surface area contributed by atoms with E-state index in [4.69, 9.17) is 9.47 Å². The van der Waals surface area contributed by atoms with Gasteiger partial charge >= 0.3 is 0 Å². The number of unbranched alkanes of at least 4 members (excludes halogenated alkanes) is 11. The Bertz CT molecular complexity index is 1080. The summed E-state index contributed by atoms with van der Waals surface area (Å²) in [5.74, 6) is 1.10. The molecule has 3 aromatic rings. The van der Waals surface area contributed by atoms with E-state index in [0.717, 1.165) is 17.7 Å². The minimum Gasteiger partial charge on any atom is -1.00 e. The lowest BCUT2D eigenvalue weighted by Crippen LogP contribution is -3.00. The number of anilines is 1. The molecule has 0 radical (unpaired) electrons. The Morgan fingerprint density at radius 3 is 2.18 bits per heavy atom. The van der Waals surface area contributed by atoms with Crippen LogP contribution in [0.1, 0.15) is 99.9 Å². The Morgan fingerprint density at radius 1 is 0.872 bits per heavy atom. The van der Waals surface area contributed by atoms with Gasteiger partial charge in [0.05, 0.1) is 24.8 Å². The summed E-state index contributed by atoms with van der Waals surface area (Å²) < 4.78 is 13.6. The highest BCUT2D eigenvalue weighted by Crippen LogP contribution is 2.29. The fraction of sp³-hybridized carbons (Fsp3) is 0.500. The molecule has 2 aromatic carbocycles. The number of benzene rings is 2. The second-order valence-electron chi connectivity index (χ2n) is 9.91. The molecule has 3 rings (SSSR count). The van der Waals surface area contributed by atoms with Gasteiger partial charge in [0.25, 0.3) is 5.91 Å². The number of rotatable bonds is 19. The van der Waals surface area contributed by atoms with Gasteiger partial charge in [-0.3, -0.25) is 4.79 Å². The molecule has 0 spiro atoms. The van der Waals surface area contributed by atoms with Gasteiger partial charge in [-0.1, -0.05) is 107 Å². The normalized spacial score (nSPS) is 10.6. The average Bonchev–Trinajstić information content (AvgIpc) is 3.45. The van der Waals surface area contributed by atoms with Crippen molar-refractivity contribution in [1.82, 2.24) is 0 Å². The van der Waals surface area contributed by atoms with Crippen LogP contribution in [0.25, 0.3) is 0 Å². The van der Waals surface area contributed by atoms with E-state index in [0.29, 0.717) is 30.2 Å². The summed E-state index contributed by atoms with van der Waals surface area (Å²) in [6, 6.07) is 13.3. The Kier molecular flexibility index (Phi) is 16.5. The van der Waals surface area contributed by atoms with Crippen LogP contribution in [0, 0.1) is 0 Å². The fourth-order valence-electron chi connectivity index (χ4n) is 4.58. The lowest BCUT2D eigenvalue weighted by molar-refractivity contribution is -0.683. The van der Waals surface area contributed by atoms with Gasteiger partial charge in [-0.25, -0.2) is 0 Å². The third kappa shape index (κ3) is 12.1. The number of ether oxygens (including phenoxy) is 2. The van der Waals surface area contributed by atoms with Crippen LogP contribution >= 0.6 is 11.3 Å². The molecule has 1 N–H and O–H groups in total. The van der Waals surface area contributed by atoms with Crippen molar-refractivity contribution in [2.75, 3.05) is 19.0 Å². The van der Waals surface area contributed by atoms with Crippen molar-refractivity contribution in [3.05, 3.63) is 70.7 Å². The SMILES string of the molecule is CCCCCCCCCCCCCCOc1ccc(C(=O)Nc2ccccc2C[n+]2ccsc2)cc1OC.[Br-]. The minimum atomic E-state index is -0.168. The summed E-state index contributed by atoms with van der Waals surface area (Å²) in [5.41, 5.74) is 4.46. The third-order valence-corrected chi connectivity index (χ3v) is 7.50. The van der Waals surface area contributed by atoms with Crippen molar-refractivity contribution in [3.8, 4) is 11.5 Å². The van der Waals surface area contributed by atoms with Crippen molar-refractivity contribution < 1.29 is 35.8 Å². The van der Waals surface area contributed by atoms with Crippen LogP contribution < -0.4 is 36.3 Å². The first-order chi connectivity index (χ1) is 18.7. The summed E-state index contributed by atoms with van der Waals surface area (Å²) in [6.45, 7) is 3.63. The molecule has 0 saturated carbocycles. The molecule has 39 heavy (non-hydrogen) atoms. The number of hydrogen-bond donors (Lipinski definition) is 1. The molecule has 0 unspecified atom stereocenters. The summed E-state index contributed by atoms with van der Waals surface area (Å²) in [5, 5.41) is 5.10. The van der Waals surface area contributed by atoms with Crippen molar-refractivity contribution in [2.45, 2.75) is 90.5 Å². The molecule has 0 atom stereocenters. The van der Waals surface area contributed by atoms with Crippen LogP contribution in [0.4, 0.5) is 5.69 Å². The molecule has 0 saturated heterocycles. The molecule has 1 heterocycles. The third-order valence-electron chi connectivity index (χ3n) is 6.83.